The summed E-state index contributed by atoms with van der Waals surface area (Å²) in [5, 5.41) is 19.0. The molecular formula is C44H28N4. The zero-order valence-electron chi connectivity index (χ0n) is 25.9. The highest BCUT2D eigenvalue weighted by Gasteiger charge is 2.13. The Bertz CT molecular complexity index is 3230. The molecule has 0 fully saturated rings. The summed E-state index contributed by atoms with van der Waals surface area (Å²) in [5.41, 5.74) is 4.25. The average molecular weight is 613 g/mol. The summed E-state index contributed by atoms with van der Waals surface area (Å²) in [5.74, 6) is 0. The average Bonchev–Trinajstić information content (AvgIpc) is 3.89. The third kappa shape index (κ3) is 3.96. The van der Waals surface area contributed by atoms with Crippen molar-refractivity contribution in [2.24, 2.45) is 0 Å². The predicted octanol–water partition coefficient (Wildman–Crippen LogP) is 7.55. The van der Waals surface area contributed by atoms with Gasteiger partial charge in [0.05, 0.1) is 0 Å². The SMILES string of the molecule is C1=c2ccc([nH]2)=Cc2[nH]c(c3cc4cc5ccccc5cc4cc23)C=c2[nH]c(c3cc4cc5ccccc5cc4cc23)=Cc2ccc1[nH]2. The van der Waals surface area contributed by atoms with E-state index in [0.29, 0.717) is 0 Å². The maximum atomic E-state index is 3.83. The first-order valence-corrected chi connectivity index (χ1v) is 16.4. The number of nitrogens with one attached hydrogen (secondary N) is 4. The monoisotopic (exact) mass is 612 g/mol. The molecule has 224 valence electrons. The highest BCUT2D eigenvalue weighted by atomic mass is 14.8. The molecule has 0 amide bonds. The molecule has 0 spiro atoms. The van der Waals surface area contributed by atoms with Gasteiger partial charge in [-0.1, -0.05) is 48.5 Å². The van der Waals surface area contributed by atoms with E-state index in [9.17, 15) is 0 Å². The number of fused-ring (bicyclic) bond motifs is 18. The zero-order chi connectivity index (χ0) is 31.3. The van der Waals surface area contributed by atoms with Crippen molar-refractivity contribution in [2.45, 2.75) is 0 Å². The summed E-state index contributed by atoms with van der Waals surface area (Å²) in [6.45, 7) is 0. The zero-order valence-corrected chi connectivity index (χ0v) is 25.9. The maximum Gasteiger partial charge on any atom is 0.0486 e. The standard InChI is InChI=1S/C44H28N4/c1-3-7-27-15-31-19-39-37(17-29(31)13-25(27)5-1)41-22-35-11-9-33(45-35)21-34-10-12-36(46-34)23-42-38-18-30-14-26-6-2-4-8-28(26)16-32(30)20-40(38)44(48-42)24-43(39)47-41/h1-24,45-48H. The van der Waals surface area contributed by atoms with Gasteiger partial charge in [-0.2, -0.15) is 0 Å². The molecule has 4 aromatic heterocycles. The molecule has 0 atom stereocenters. The number of rotatable bonds is 0. The molecule has 0 unspecified atom stereocenters. The first kappa shape index (κ1) is 25.6. The maximum absolute atomic E-state index is 3.83. The summed E-state index contributed by atoms with van der Waals surface area (Å²) < 4.78 is 0. The summed E-state index contributed by atoms with van der Waals surface area (Å²) in [7, 11) is 0. The molecule has 5 heterocycles. The van der Waals surface area contributed by atoms with Gasteiger partial charge in [0.2, 0.25) is 0 Å². The van der Waals surface area contributed by atoms with Crippen molar-refractivity contribution in [3.63, 3.8) is 0 Å². The number of H-pyrrole nitrogens is 4. The van der Waals surface area contributed by atoms with E-state index in [1.165, 1.54) is 64.6 Å². The Morgan fingerprint density at radius 1 is 0.292 bits per heavy atom. The Balaban J connectivity index is 1.28. The molecule has 4 nitrogen and oxygen atoms in total. The highest BCUT2D eigenvalue weighted by Crippen LogP contribution is 2.32. The van der Waals surface area contributed by atoms with Crippen LogP contribution in [0.2, 0.25) is 0 Å². The third-order valence-corrected chi connectivity index (χ3v) is 10.0. The number of benzene rings is 6. The first-order valence-electron chi connectivity index (χ1n) is 16.4. The van der Waals surface area contributed by atoms with Crippen molar-refractivity contribution >= 4 is 88.9 Å². The van der Waals surface area contributed by atoms with E-state index >= 15 is 0 Å². The number of aromatic nitrogens is 4. The van der Waals surface area contributed by atoms with Crippen LogP contribution < -0.4 is 21.4 Å². The molecule has 0 saturated carbocycles. The highest BCUT2D eigenvalue weighted by molar-refractivity contribution is 6.09. The Kier molecular flexibility index (Phi) is 5.08. The van der Waals surface area contributed by atoms with Crippen molar-refractivity contribution in [1.82, 2.24) is 19.9 Å². The van der Waals surface area contributed by atoms with Crippen molar-refractivity contribution in [3.8, 4) is 0 Å². The van der Waals surface area contributed by atoms with Crippen molar-refractivity contribution < 1.29 is 0 Å². The second-order valence-electron chi connectivity index (χ2n) is 13.1. The molecule has 10 aromatic rings. The van der Waals surface area contributed by atoms with Crippen LogP contribution in [-0.2, 0) is 0 Å². The van der Waals surface area contributed by atoms with E-state index in [0.717, 1.165) is 44.2 Å². The molecule has 0 saturated heterocycles. The van der Waals surface area contributed by atoms with Gasteiger partial charge in [-0.15, -0.1) is 0 Å². The van der Waals surface area contributed by atoms with Gasteiger partial charge in [0.25, 0.3) is 0 Å². The van der Waals surface area contributed by atoms with Gasteiger partial charge in [0.15, 0.2) is 0 Å². The van der Waals surface area contributed by atoms with Gasteiger partial charge in [-0.05, 0) is 140 Å². The fourth-order valence-electron chi connectivity index (χ4n) is 7.71. The van der Waals surface area contributed by atoms with E-state index < -0.39 is 0 Å². The minimum absolute atomic E-state index is 1.05. The van der Waals surface area contributed by atoms with Crippen LogP contribution in [0.15, 0.2) is 121 Å². The van der Waals surface area contributed by atoms with E-state index in [4.69, 9.17) is 0 Å². The largest absolute Gasteiger partial charge is 0.355 e. The van der Waals surface area contributed by atoms with Gasteiger partial charge in [0.1, 0.15) is 0 Å². The minimum atomic E-state index is 1.05. The van der Waals surface area contributed by atoms with Crippen molar-refractivity contribution in [2.75, 3.05) is 0 Å². The molecule has 4 N–H and O–H groups in total. The fraction of sp³-hybridized carbons (Fsp3) is 0. The fourth-order valence-corrected chi connectivity index (χ4v) is 7.71. The Morgan fingerprint density at radius 2 is 0.750 bits per heavy atom. The van der Waals surface area contributed by atoms with E-state index in [2.05, 4.69) is 166 Å². The molecule has 1 aliphatic heterocycles. The molecule has 8 bridgehead atoms. The lowest BCUT2D eigenvalue weighted by Crippen LogP contribution is -2.11. The van der Waals surface area contributed by atoms with Gasteiger partial charge in [-0.3, -0.25) is 0 Å². The van der Waals surface area contributed by atoms with Gasteiger partial charge in [-0.25, -0.2) is 0 Å². The van der Waals surface area contributed by atoms with Crippen LogP contribution in [0.4, 0.5) is 0 Å². The number of aromatic amines is 4. The van der Waals surface area contributed by atoms with Gasteiger partial charge >= 0.3 is 0 Å². The molecule has 11 rings (SSSR count). The van der Waals surface area contributed by atoms with Crippen molar-refractivity contribution in [1.29, 1.82) is 0 Å². The molecule has 0 radical (unpaired) electrons. The smallest absolute Gasteiger partial charge is 0.0486 e. The van der Waals surface area contributed by atoms with E-state index in [-0.39, 0.29) is 0 Å². The van der Waals surface area contributed by atoms with Crippen LogP contribution in [0.1, 0.15) is 22.8 Å². The van der Waals surface area contributed by atoms with Crippen LogP contribution in [0.5, 0.6) is 0 Å². The Hall–Kier alpha value is -6.52. The topological polar surface area (TPSA) is 63.2 Å². The minimum Gasteiger partial charge on any atom is -0.355 e. The first-order chi connectivity index (χ1) is 23.7. The normalized spacial score (nSPS) is 12.8. The number of hydrogen-bond acceptors (Lipinski definition) is 0. The molecule has 48 heavy (non-hydrogen) atoms. The lowest BCUT2D eigenvalue weighted by Gasteiger charge is -2.04. The van der Waals surface area contributed by atoms with E-state index in [1.807, 2.05) is 0 Å². The van der Waals surface area contributed by atoms with Crippen LogP contribution in [0.3, 0.4) is 0 Å². The van der Waals surface area contributed by atoms with Crippen molar-refractivity contribution in [3.05, 3.63) is 165 Å². The molecule has 0 aliphatic carbocycles. The Labute approximate surface area is 273 Å². The molecular weight excluding hydrogens is 585 g/mol. The second-order valence-corrected chi connectivity index (χ2v) is 13.1. The lowest BCUT2D eigenvalue weighted by molar-refractivity contribution is 1.24. The summed E-state index contributed by atoms with van der Waals surface area (Å²) in [4.78, 5) is 14.9. The third-order valence-electron chi connectivity index (χ3n) is 10.0. The number of hydrogen-bond donors (Lipinski definition) is 4. The summed E-state index contributed by atoms with van der Waals surface area (Å²) in [6.07, 6.45) is 8.89. The lowest BCUT2D eigenvalue weighted by atomic mass is 9.99. The molecule has 6 aromatic carbocycles. The van der Waals surface area contributed by atoms with Crippen LogP contribution >= 0.6 is 0 Å². The van der Waals surface area contributed by atoms with Crippen LogP contribution in [0, 0.1) is 0 Å². The molecule has 4 heteroatoms. The predicted molar refractivity (Wildman–Crippen MR) is 201 cm³/mol. The summed E-state index contributed by atoms with van der Waals surface area (Å²) >= 11 is 0. The van der Waals surface area contributed by atoms with E-state index in [1.54, 1.807) is 0 Å². The second kappa shape index (κ2) is 9.50. The van der Waals surface area contributed by atoms with Gasteiger partial charge in [0, 0.05) is 65.7 Å². The van der Waals surface area contributed by atoms with Crippen LogP contribution in [-0.4, -0.2) is 19.9 Å². The molecule has 1 aliphatic rings. The summed E-state index contributed by atoms with van der Waals surface area (Å²) in [6, 6.07) is 44.4. The van der Waals surface area contributed by atoms with Gasteiger partial charge < -0.3 is 19.9 Å². The van der Waals surface area contributed by atoms with Crippen LogP contribution in [0.25, 0.3) is 88.9 Å². The quantitative estimate of drug-likeness (QED) is 0.128. The Morgan fingerprint density at radius 3 is 1.31 bits per heavy atom.